The lowest BCUT2D eigenvalue weighted by Crippen LogP contribution is -2.50. The van der Waals surface area contributed by atoms with Gasteiger partial charge in [-0.05, 0) is 26.7 Å². The first-order chi connectivity index (χ1) is 9.69. The van der Waals surface area contributed by atoms with E-state index in [9.17, 15) is 9.59 Å². The monoisotopic (exact) mass is 309 g/mol. The summed E-state index contributed by atoms with van der Waals surface area (Å²) in [6, 6.07) is 2.06. The fourth-order valence-electron chi connectivity index (χ4n) is 1.54. The Morgan fingerprint density at radius 2 is 2.10 bits per heavy atom. The number of rotatable bonds is 5. The van der Waals surface area contributed by atoms with E-state index >= 15 is 0 Å². The second-order valence-electron chi connectivity index (χ2n) is 5.24. The maximum absolute atomic E-state index is 11.9. The first-order valence-electron chi connectivity index (χ1n) is 6.53. The molecule has 1 amide bonds. The molecule has 1 N–H and O–H groups in total. The highest BCUT2D eigenvalue weighted by atomic mass is 32.1. The molecule has 0 unspecified atom stereocenters. The first kappa shape index (κ1) is 17.1. The number of ether oxygens (including phenoxy) is 1. The van der Waals surface area contributed by atoms with Gasteiger partial charge in [-0.25, -0.2) is 9.78 Å². The molecule has 1 atom stereocenters. The van der Waals surface area contributed by atoms with Crippen molar-refractivity contribution in [3.8, 4) is 6.07 Å². The van der Waals surface area contributed by atoms with Crippen LogP contribution in [0.25, 0.3) is 0 Å². The molecule has 0 fully saturated rings. The van der Waals surface area contributed by atoms with Crippen molar-refractivity contribution >= 4 is 23.2 Å². The number of carbonyl (C=O) groups is 2. The first-order valence-corrected chi connectivity index (χ1v) is 7.34. The lowest BCUT2D eigenvalue weighted by molar-refractivity contribution is -0.125. The van der Waals surface area contributed by atoms with Crippen LogP contribution in [0.5, 0.6) is 0 Å². The van der Waals surface area contributed by atoms with Crippen LogP contribution in [0.3, 0.4) is 0 Å². The number of nitriles is 1. The van der Waals surface area contributed by atoms with Crippen molar-refractivity contribution in [2.45, 2.75) is 40.2 Å². The molecule has 1 aromatic rings. The Labute approximate surface area is 128 Å². The Morgan fingerprint density at radius 3 is 2.52 bits per heavy atom. The molecule has 1 aromatic heterocycles. The highest BCUT2D eigenvalue weighted by Crippen LogP contribution is 2.18. The van der Waals surface area contributed by atoms with Gasteiger partial charge in [0.25, 0.3) is 5.91 Å². The van der Waals surface area contributed by atoms with Gasteiger partial charge in [0.05, 0.1) is 16.8 Å². The summed E-state index contributed by atoms with van der Waals surface area (Å²) < 4.78 is 4.96. The van der Waals surface area contributed by atoms with E-state index in [1.165, 1.54) is 11.3 Å². The summed E-state index contributed by atoms with van der Waals surface area (Å²) in [5, 5.41) is 12.5. The van der Waals surface area contributed by atoms with Crippen molar-refractivity contribution < 1.29 is 14.3 Å². The van der Waals surface area contributed by atoms with Crippen LogP contribution in [-0.4, -0.2) is 29.0 Å². The SMILES string of the molecule is Cc1nc(C)c(C(=O)OCC(=O)N[C@@](C)(C#N)C(C)C)s1. The maximum Gasteiger partial charge on any atom is 0.350 e. The summed E-state index contributed by atoms with van der Waals surface area (Å²) in [6.45, 7) is 8.39. The minimum Gasteiger partial charge on any atom is -0.451 e. The molecule has 0 aliphatic rings. The molecular formula is C14H19N3O3S. The topological polar surface area (TPSA) is 92.1 Å². The second kappa shape index (κ2) is 6.68. The average molecular weight is 309 g/mol. The van der Waals surface area contributed by atoms with Gasteiger partial charge in [0.2, 0.25) is 0 Å². The van der Waals surface area contributed by atoms with Gasteiger partial charge in [-0.3, -0.25) is 4.79 Å². The fraction of sp³-hybridized carbons (Fsp3) is 0.571. The number of aryl methyl sites for hydroxylation is 2. The number of aromatic nitrogens is 1. The highest BCUT2D eigenvalue weighted by Gasteiger charge is 2.30. The highest BCUT2D eigenvalue weighted by molar-refractivity contribution is 7.13. The zero-order chi connectivity index (χ0) is 16.2. The molecule has 0 aliphatic carbocycles. The number of nitrogens with zero attached hydrogens (tertiary/aromatic N) is 2. The smallest absolute Gasteiger partial charge is 0.350 e. The Balaban J connectivity index is 2.60. The van der Waals surface area contributed by atoms with E-state index in [1.807, 2.05) is 13.8 Å². The average Bonchev–Trinajstić information content (AvgIpc) is 2.74. The number of esters is 1. The van der Waals surface area contributed by atoms with E-state index in [0.29, 0.717) is 10.6 Å². The normalized spacial score (nSPS) is 13.4. The standard InChI is InChI=1S/C14H19N3O3S/c1-8(2)14(5,7-15)17-11(18)6-20-13(19)12-9(3)16-10(4)21-12/h8H,6H2,1-5H3,(H,17,18)/t14-/m0/s1. The van der Waals surface area contributed by atoms with Gasteiger partial charge in [0.15, 0.2) is 6.61 Å². The number of carbonyl (C=O) groups excluding carboxylic acids is 2. The van der Waals surface area contributed by atoms with Crippen molar-refractivity contribution in [3.05, 3.63) is 15.6 Å². The van der Waals surface area contributed by atoms with E-state index in [0.717, 1.165) is 5.01 Å². The van der Waals surface area contributed by atoms with Crippen LogP contribution in [0.2, 0.25) is 0 Å². The van der Waals surface area contributed by atoms with Crippen molar-refractivity contribution in [3.63, 3.8) is 0 Å². The van der Waals surface area contributed by atoms with Crippen molar-refractivity contribution in [1.82, 2.24) is 10.3 Å². The molecule has 0 saturated heterocycles. The zero-order valence-corrected chi connectivity index (χ0v) is 13.6. The molecule has 21 heavy (non-hydrogen) atoms. The summed E-state index contributed by atoms with van der Waals surface area (Å²) in [5.74, 6) is -1.13. The Bertz CT molecular complexity index is 589. The van der Waals surface area contributed by atoms with Crippen LogP contribution in [0.4, 0.5) is 0 Å². The van der Waals surface area contributed by atoms with Gasteiger partial charge in [0, 0.05) is 0 Å². The minimum absolute atomic E-state index is 0.0615. The third-order valence-electron chi connectivity index (χ3n) is 3.21. The third kappa shape index (κ3) is 4.26. The van der Waals surface area contributed by atoms with E-state index < -0.39 is 24.0 Å². The Kier molecular flexibility index (Phi) is 5.44. The number of thiazole rings is 1. The number of amides is 1. The van der Waals surface area contributed by atoms with E-state index in [1.54, 1.807) is 20.8 Å². The molecular weight excluding hydrogens is 290 g/mol. The molecule has 114 valence electrons. The van der Waals surface area contributed by atoms with Crippen LogP contribution < -0.4 is 5.32 Å². The number of hydrogen-bond donors (Lipinski definition) is 1. The Hall–Kier alpha value is -1.94. The molecule has 0 bridgehead atoms. The van der Waals surface area contributed by atoms with Crippen LogP contribution in [0, 0.1) is 31.1 Å². The van der Waals surface area contributed by atoms with Crippen LogP contribution in [-0.2, 0) is 9.53 Å². The predicted molar refractivity (Wildman–Crippen MR) is 78.9 cm³/mol. The minimum atomic E-state index is -0.986. The van der Waals surface area contributed by atoms with E-state index in [-0.39, 0.29) is 5.92 Å². The molecule has 0 aromatic carbocycles. The second-order valence-corrected chi connectivity index (χ2v) is 6.44. The van der Waals surface area contributed by atoms with Crippen LogP contribution >= 0.6 is 11.3 Å². The molecule has 6 nitrogen and oxygen atoms in total. The van der Waals surface area contributed by atoms with Gasteiger partial charge in [-0.1, -0.05) is 13.8 Å². The van der Waals surface area contributed by atoms with Gasteiger partial charge >= 0.3 is 5.97 Å². The third-order valence-corrected chi connectivity index (χ3v) is 4.26. The van der Waals surface area contributed by atoms with Gasteiger partial charge in [0.1, 0.15) is 10.4 Å². The van der Waals surface area contributed by atoms with Gasteiger partial charge in [-0.15, -0.1) is 11.3 Å². The molecule has 7 heteroatoms. The van der Waals surface area contributed by atoms with Gasteiger partial charge < -0.3 is 10.1 Å². The molecule has 1 rings (SSSR count). The summed E-state index contributed by atoms with van der Waals surface area (Å²) >= 11 is 1.23. The quantitative estimate of drug-likeness (QED) is 0.839. The fourth-order valence-corrected chi connectivity index (χ4v) is 2.36. The lowest BCUT2D eigenvalue weighted by Gasteiger charge is -2.27. The summed E-state index contributed by atoms with van der Waals surface area (Å²) in [7, 11) is 0. The number of nitrogens with one attached hydrogen (secondary N) is 1. The molecule has 0 spiro atoms. The molecule has 0 radical (unpaired) electrons. The molecule has 1 heterocycles. The van der Waals surface area contributed by atoms with E-state index in [4.69, 9.17) is 10.00 Å². The summed E-state index contributed by atoms with van der Waals surface area (Å²) in [5.41, 5.74) is -0.396. The molecule has 0 saturated carbocycles. The van der Waals surface area contributed by atoms with Crippen LogP contribution in [0.15, 0.2) is 0 Å². The predicted octanol–water partition coefficient (Wildman–Crippen LogP) is 1.97. The van der Waals surface area contributed by atoms with Crippen molar-refractivity contribution in [2.24, 2.45) is 5.92 Å². The molecule has 0 aliphatic heterocycles. The maximum atomic E-state index is 11.9. The number of hydrogen-bond acceptors (Lipinski definition) is 6. The van der Waals surface area contributed by atoms with Crippen molar-refractivity contribution in [2.75, 3.05) is 6.61 Å². The zero-order valence-electron chi connectivity index (χ0n) is 12.8. The van der Waals surface area contributed by atoms with Crippen molar-refractivity contribution in [1.29, 1.82) is 5.26 Å². The van der Waals surface area contributed by atoms with Gasteiger partial charge in [-0.2, -0.15) is 5.26 Å². The summed E-state index contributed by atoms with van der Waals surface area (Å²) in [6.07, 6.45) is 0. The lowest BCUT2D eigenvalue weighted by atomic mass is 9.90. The largest absolute Gasteiger partial charge is 0.451 e. The summed E-state index contributed by atoms with van der Waals surface area (Å²) in [4.78, 5) is 28.2. The van der Waals surface area contributed by atoms with Crippen LogP contribution in [0.1, 0.15) is 41.1 Å². The van der Waals surface area contributed by atoms with E-state index in [2.05, 4.69) is 16.4 Å². The Morgan fingerprint density at radius 1 is 1.48 bits per heavy atom.